The van der Waals surface area contributed by atoms with Crippen molar-refractivity contribution in [2.24, 2.45) is 0 Å². The maximum absolute atomic E-state index is 12.5. The van der Waals surface area contributed by atoms with Crippen LogP contribution in [0.15, 0.2) is 24.5 Å². The SMILES string of the molecule is COC(=O)c1ccc(-c2cnn3c(N)c(C(C)=O)c([C@H]4C[C@H]5CC[C@@H](C4)N5)nc23)cn1. The fraction of sp³-hybridized carbons (Fsp3) is 0.409. The summed E-state index contributed by atoms with van der Waals surface area (Å²) in [6.45, 7) is 1.53. The normalized spacial score (nSPS) is 22.6. The van der Waals surface area contributed by atoms with Gasteiger partial charge in [0, 0.05) is 35.3 Å². The van der Waals surface area contributed by atoms with Gasteiger partial charge in [-0.2, -0.15) is 9.61 Å². The zero-order chi connectivity index (χ0) is 21.7. The number of carbonyl (C=O) groups excluding carboxylic acids is 2. The standard InChI is InChI=1S/C22H24N6O3/c1-11(29)18-19(13-7-14-4-5-15(8-13)26-14)27-21-16(10-25-28(21)20(18)23)12-3-6-17(24-9-12)22(30)31-2/h3,6,9-10,13-15,26H,4-5,7-8,23H2,1-2H3/t13-,14+,15-. The van der Waals surface area contributed by atoms with Crippen molar-refractivity contribution in [1.82, 2.24) is 24.9 Å². The molecule has 0 aliphatic carbocycles. The Hall–Kier alpha value is -3.33. The third-order valence-electron chi connectivity index (χ3n) is 6.39. The van der Waals surface area contributed by atoms with Crippen LogP contribution in [0, 0.1) is 0 Å². The number of rotatable bonds is 4. The number of hydrogen-bond donors (Lipinski definition) is 2. The molecule has 9 nitrogen and oxygen atoms in total. The minimum absolute atomic E-state index is 0.103. The molecule has 0 spiro atoms. The molecule has 2 bridgehead atoms. The first kappa shape index (κ1) is 19.6. The van der Waals surface area contributed by atoms with Gasteiger partial charge in [-0.05, 0) is 38.7 Å². The van der Waals surface area contributed by atoms with Crippen LogP contribution in [-0.4, -0.2) is 50.5 Å². The second-order valence-electron chi connectivity index (χ2n) is 8.34. The molecule has 9 heteroatoms. The van der Waals surface area contributed by atoms with Gasteiger partial charge in [-0.1, -0.05) is 6.07 Å². The maximum atomic E-state index is 12.5. The van der Waals surface area contributed by atoms with Gasteiger partial charge in [-0.3, -0.25) is 4.79 Å². The highest BCUT2D eigenvalue weighted by atomic mass is 16.5. The van der Waals surface area contributed by atoms with Crippen molar-refractivity contribution in [2.45, 2.75) is 50.6 Å². The highest BCUT2D eigenvalue weighted by molar-refractivity contribution is 6.00. The third-order valence-corrected chi connectivity index (χ3v) is 6.39. The smallest absolute Gasteiger partial charge is 0.356 e. The summed E-state index contributed by atoms with van der Waals surface area (Å²) in [5, 5.41) is 8.02. The summed E-state index contributed by atoms with van der Waals surface area (Å²) in [4.78, 5) is 33.3. The Bertz CT molecular complexity index is 1170. The van der Waals surface area contributed by atoms with Gasteiger partial charge in [-0.15, -0.1) is 0 Å². The number of aromatic nitrogens is 4. The molecule has 0 radical (unpaired) electrons. The number of nitrogens with one attached hydrogen (secondary N) is 1. The molecule has 3 aromatic heterocycles. The van der Waals surface area contributed by atoms with Crippen molar-refractivity contribution in [3.8, 4) is 11.1 Å². The molecule has 2 aliphatic heterocycles. The molecular weight excluding hydrogens is 396 g/mol. The van der Waals surface area contributed by atoms with Gasteiger partial charge in [0.25, 0.3) is 0 Å². The number of carbonyl (C=O) groups is 2. The van der Waals surface area contributed by atoms with Crippen LogP contribution in [0.3, 0.4) is 0 Å². The van der Waals surface area contributed by atoms with E-state index in [4.69, 9.17) is 15.5 Å². The first-order chi connectivity index (χ1) is 15.0. The first-order valence-electron chi connectivity index (χ1n) is 10.4. The van der Waals surface area contributed by atoms with E-state index in [2.05, 4.69) is 15.4 Å². The molecule has 160 valence electrons. The number of nitrogen functional groups attached to an aromatic ring is 1. The van der Waals surface area contributed by atoms with E-state index in [0.29, 0.717) is 29.1 Å². The number of nitrogens with two attached hydrogens (primary N) is 1. The van der Waals surface area contributed by atoms with Gasteiger partial charge in [0.15, 0.2) is 11.4 Å². The van der Waals surface area contributed by atoms with E-state index in [1.165, 1.54) is 18.5 Å². The van der Waals surface area contributed by atoms with Crippen LogP contribution in [0.25, 0.3) is 16.8 Å². The van der Waals surface area contributed by atoms with Crippen LogP contribution >= 0.6 is 0 Å². The van der Waals surface area contributed by atoms with Gasteiger partial charge in [0.05, 0.1) is 24.6 Å². The Labute approximate surface area is 179 Å². The van der Waals surface area contributed by atoms with Crippen molar-refractivity contribution in [1.29, 1.82) is 0 Å². The van der Waals surface area contributed by atoms with E-state index in [1.54, 1.807) is 24.5 Å². The zero-order valence-corrected chi connectivity index (χ0v) is 17.5. The average Bonchev–Trinajstić information content (AvgIpc) is 3.35. The third kappa shape index (κ3) is 3.25. The van der Waals surface area contributed by atoms with Gasteiger partial charge in [-0.25, -0.2) is 14.8 Å². The van der Waals surface area contributed by atoms with Gasteiger partial charge in [0.1, 0.15) is 11.5 Å². The summed E-state index contributed by atoms with van der Waals surface area (Å²) < 4.78 is 6.22. The van der Waals surface area contributed by atoms with E-state index < -0.39 is 5.97 Å². The van der Waals surface area contributed by atoms with Crippen LogP contribution in [0.4, 0.5) is 5.82 Å². The molecule has 3 atom stereocenters. The summed E-state index contributed by atoms with van der Waals surface area (Å²) in [6.07, 6.45) is 7.45. The molecule has 0 saturated carbocycles. The lowest BCUT2D eigenvalue weighted by Gasteiger charge is -2.30. The first-order valence-corrected chi connectivity index (χ1v) is 10.4. The molecule has 2 aliphatic rings. The maximum Gasteiger partial charge on any atom is 0.356 e. The van der Waals surface area contributed by atoms with Crippen molar-refractivity contribution in [2.75, 3.05) is 12.8 Å². The Balaban J connectivity index is 1.63. The monoisotopic (exact) mass is 420 g/mol. The summed E-state index contributed by atoms with van der Waals surface area (Å²) in [5.41, 5.74) is 9.95. The number of Topliss-reactive ketones (excluding diaryl/α,β-unsaturated/α-hetero) is 1. The number of esters is 1. The summed E-state index contributed by atoms with van der Waals surface area (Å²) in [6, 6.07) is 4.30. The fourth-order valence-corrected chi connectivity index (χ4v) is 4.95. The number of anilines is 1. The van der Waals surface area contributed by atoms with Crippen LogP contribution in [0.5, 0.6) is 0 Å². The predicted molar refractivity (Wildman–Crippen MR) is 114 cm³/mol. The molecular formula is C22H24N6O3. The Morgan fingerprint density at radius 2 is 1.94 bits per heavy atom. The molecule has 0 aromatic carbocycles. The molecule has 0 amide bonds. The number of piperidine rings is 1. The summed E-state index contributed by atoms with van der Waals surface area (Å²) in [7, 11) is 1.32. The Kier molecular flexibility index (Phi) is 4.70. The molecule has 31 heavy (non-hydrogen) atoms. The number of ether oxygens (including phenoxy) is 1. The number of fused-ring (bicyclic) bond motifs is 3. The van der Waals surface area contributed by atoms with E-state index in [-0.39, 0.29) is 17.4 Å². The highest BCUT2D eigenvalue weighted by Gasteiger charge is 2.37. The van der Waals surface area contributed by atoms with E-state index in [9.17, 15) is 9.59 Å². The Morgan fingerprint density at radius 3 is 2.55 bits per heavy atom. The van der Waals surface area contributed by atoms with Crippen LogP contribution in [0.2, 0.25) is 0 Å². The van der Waals surface area contributed by atoms with E-state index in [1.807, 2.05) is 0 Å². The Morgan fingerprint density at radius 1 is 1.19 bits per heavy atom. The molecule has 3 N–H and O–H groups in total. The zero-order valence-electron chi connectivity index (χ0n) is 17.5. The second-order valence-corrected chi connectivity index (χ2v) is 8.34. The van der Waals surface area contributed by atoms with Gasteiger partial charge in [0.2, 0.25) is 0 Å². The molecule has 5 heterocycles. The quantitative estimate of drug-likeness (QED) is 0.487. The van der Waals surface area contributed by atoms with Crippen molar-refractivity contribution < 1.29 is 14.3 Å². The second kappa shape index (κ2) is 7.42. The van der Waals surface area contributed by atoms with Gasteiger partial charge < -0.3 is 15.8 Å². The summed E-state index contributed by atoms with van der Waals surface area (Å²) >= 11 is 0. The van der Waals surface area contributed by atoms with Crippen LogP contribution in [0.1, 0.15) is 65.1 Å². The van der Waals surface area contributed by atoms with Crippen LogP contribution in [-0.2, 0) is 4.74 Å². The fourth-order valence-electron chi connectivity index (χ4n) is 4.95. The van der Waals surface area contributed by atoms with Gasteiger partial charge >= 0.3 is 5.97 Å². The summed E-state index contributed by atoms with van der Waals surface area (Å²) in [5.74, 6) is -0.118. The van der Waals surface area contributed by atoms with Crippen molar-refractivity contribution in [3.63, 3.8) is 0 Å². The molecule has 2 saturated heterocycles. The number of ketones is 1. The molecule has 2 fully saturated rings. The lowest BCUT2D eigenvalue weighted by molar-refractivity contribution is 0.0594. The minimum atomic E-state index is -0.497. The average molecular weight is 420 g/mol. The lowest BCUT2D eigenvalue weighted by atomic mass is 9.86. The van der Waals surface area contributed by atoms with Crippen LogP contribution < -0.4 is 11.1 Å². The highest BCUT2D eigenvalue weighted by Crippen LogP contribution is 2.39. The largest absolute Gasteiger partial charge is 0.464 e. The van der Waals surface area contributed by atoms with Crippen molar-refractivity contribution >= 4 is 23.2 Å². The number of pyridine rings is 1. The molecule has 0 unspecified atom stereocenters. The lowest BCUT2D eigenvalue weighted by Crippen LogP contribution is -2.38. The van der Waals surface area contributed by atoms with E-state index >= 15 is 0 Å². The predicted octanol–water partition coefficient (Wildman–Crippen LogP) is 2.36. The number of nitrogens with zero attached hydrogens (tertiary/aromatic N) is 4. The number of methoxy groups -OCH3 is 1. The van der Waals surface area contributed by atoms with Crippen molar-refractivity contribution in [3.05, 3.63) is 41.5 Å². The minimum Gasteiger partial charge on any atom is -0.464 e. The molecule has 3 aromatic rings. The number of hydrogen-bond acceptors (Lipinski definition) is 8. The topological polar surface area (TPSA) is 124 Å². The molecule has 5 rings (SSSR count). The van der Waals surface area contributed by atoms with E-state index in [0.717, 1.165) is 42.5 Å².